The largest absolute Gasteiger partial charge is 0.348 e. The van der Waals surface area contributed by atoms with Gasteiger partial charge in [0, 0.05) is 24.5 Å². The number of rotatable bonds is 8. The van der Waals surface area contributed by atoms with Crippen molar-refractivity contribution in [3.05, 3.63) is 58.3 Å². The fourth-order valence-corrected chi connectivity index (χ4v) is 3.07. The summed E-state index contributed by atoms with van der Waals surface area (Å²) in [5.74, 6) is 0.0327. The first-order chi connectivity index (χ1) is 10.7. The van der Waals surface area contributed by atoms with Crippen LogP contribution >= 0.6 is 11.3 Å². The third-order valence-corrected chi connectivity index (χ3v) is 4.46. The molecular weight excluding hydrogens is 294 g/mol. The van der Waals surface area contributed by atoms with Crippen molar-refractivity contribution in [1.29, 1.82) is 0 Å². The second-order valence-electron chi connectivity index (χ2n) is 5.29. The van der Waals surface area contributed by atoms with E-state index in [-0.39, 0.29) is 11.9 Å². The molecule has 2 aromatic rings. The summed E-state index contributed by atoms with van der Waals surface area (Å²) in [6, 6.07) is 14.2. The molecule has 0 fully saturated rings. The molecule has 0 bridgehead atoms. The highest BCUT2D eigenvalue weighted by atomic mass is 32.1. The van der Waals surface area contributed by atoms with Crippen LogP contribution in [0.2, 0.25) is 0 Å². The summed E-state index contributed by atoms with van der Waals surface area (Å²) >= 11 is 1.66. The van der Waals surface area contributed by atoms with E-state index in [9.17, 15) is 4.79 Å². The fourth-order valence-electron chi connectivity index (χ4n) is 2.34. The Bertz CT molecular complexity index is 557. The van der Waals surface area contributed by atoms with Gasteiger partial charge >= 0.3 is 0 Å². The van der Waals surface area contributed by atoms with Crippen molar-refractivity contribution in [3.8, 4) is 0 Å². The van der Waals surface area contributed by atoms with Crippen LogP contribution in [0.1, 0.15) is 23.4 Å². The molecule has 1 heterocycles. The van der Waals surface area contributed by atoms with Crippen molar-refractivity contribution in [3.63, 3.8) is 0 Å². The topological polar surface area (TPSA) is 58.4 Å². The Kier molecular flexibility index (Phi) is 6.58. The Labute approximate surface area is 135 Å². The SMILES string of the molecule is CC(NC(=O)CN(CCN)Cc1ccccc1)c1cccs1. The van der Waals surface area contributed by atoms with Gasteiger partial charge in [-0.2, -0.15) is 0 Å². The summed E-state index contributed by atoms with van der Waals surface area (Å²) in [6.45, 7) is 4.35. The summed E-state index contributed by atoms with van der Waals surface area (Å²) in [6.07, 6.45) is 0. The molecule has 1 aromatic heterocycles. The van der Waals surface area contributed by atoms with Crippen molar-refractivity contribution in [2.75, 3.05) is 19.6 Å². The van der Waals surface area contributed by atoms with Crippen LogP contribution in [-0.4, -0.2) is 30.4 Å². The number of thiophene rings is 1. The van der Waals surface area contributed by atoms with E-state index in [0.717, 1.165) is 6.54 Å². The summed E-state index contributed by atoms with van der Waals surface area (Å²) in [7, 11) is 0. The number of carbonyl (C=O) groups excluding carboxylic acids is 1. The van der Waals surface area contributed by atoms with Gasteiger partial charge in [-0.05, 0) is 23.9 Å². The van der Waals surface area contributed by atoms with E-state index in [4.69, 9.17) is 5.73 Å². The highest BCUT2D eigenvalue weighted by Crippen LogP contribution is 2.17. The second kappa shape index (κ2) is 8.68. The smallest absolute Gasteiger partial charge is 0.234 e. The van der Waals surface area contributed by atoms with Crippen LogP contribution in [0.25, 0.3) is 0 Å². The summed E-state index contributed by atoms with van der Waals surface area (Å²) in [5, 5.41) is 5.07. The van der Waals surface area contributed by atoms with Crippen molar-refractivity contribution in [2.24, 2.45) is 5.73 Å². The first-order valence-electron chi connectivity index (χ1n) is 7.48. The Morgan fingerprint density at radius 2 is 2.05 bits per heavy atom. The molecule has 2 rings (SSSR count). The third kappa shape index (κ3) is 5.26. The Balaban J connectivity index is 1.88. The maximum atomic E-state index is 12.2. The quantitative estimate of drug-likeness (QED) is 0.786. The Morgan fingerprint density at radius 3 is 2.68 bits per heavy atom. The summed E-state index contributed by atoms with van der Waals surface area (Å²) < 4.78 is 0. The van der Waals surface area contributed by atoms with Gasteiger partial charge in [-0.25, -0.2) is 0 Å². The van der Waals surface area contributed by atoms with E-state index in [1.165, 1.54) is 10.4 Å². The molecule has 0 spiro atoms. The molecule has 0 aliphatic heterocycles. The lowest BCUT2D eigenvalue weighted by atomic mass is 10.2. The van der Waals surface area contributed by atoms with Crippen LogP contribution in [0, 0.1) is 0 Å². The average Bonchev–Trinajstić information content (AvgIpc) is 3.02. The maximum absolute atomic E-state index is 12.2. The molecule has 3 N–H and O–H groups in total. The van der Waals surface area contributed by atoms with Crippen LogP contribution in [0.15, 0.2) is 47.8 Å². The van der Waals surface area contributed by atoms with Crippen molar-refractivity contribution >= 4 is 17.2 Å². The first kappa shape index (κ1) is 16.7. The monoisotopic (exact) mass is 317 g/mol. The molecule has 1 amide bonds. The molecule has 0 aliphatic carbocycles. The Hall–Kier alpha value is -1.69. The molecule has 1 unspecified atom stereocenters. The number of nitrogens with two attached hydrogens (primary N) is 1. The van der Waals surface area contributed by atoms with Gasteiger partial charge in [0.25, 0.3) is 0 Å². The molecule has 4 nitrogen and oxygen atoms in total. The number of amides is 1. The van der Waals surface area contributed by atoms with E-state index < -0.39 is 0 Å². The second-order valence-corrected chi connectivity index (χ2v) is 6.27. The van der Waals surface area contributed by atoms with Crippen LogP contribution < -0.4 is 11.1 Å². The summed E-state index contributed by atoms with van der Waals surface area (Å²) in [5.41, 5.74) is 6.86. The predicted molar refractivity (Wildman–Crippen MR) is 91.7 cm³/mol. The molecule has 1 atom stereocenters. The highest BCUT2D eigenvalue weighted by molar-refractivity contribution is 7.10. The van der Waals surface area contributed by atoms with Crippen LogP contribution in [0.3, 0.4) is 0 Å². The van der Waals surface area contributed by atoms with Crippen molar-refractivity contribution < 1.29 is 4.79 Å². The number of nitrogens with one attached hydrogen (secondary N) is 1. The highest BCUT2D eigenvalue weighted by Gasteiger charge is 2.14. The normalized spacial score (nSPS) is 12.3. The zero-order chi connectivity index (χ0) is 15.8. The molecular formula is C17H23N3OS. The minimum absolute atomic E-state index is 0.0327. The lowest BCUT2D eigenvalue weighted by Gasteiger charge is -2.22. The first-order valence-corrected chi connectivity index (χ1v) is 8.36. The van der Waals surface area contributed by atoms with Crippen molar-refractivity contribution in [2.45, 2.75) is 19.5 Å². The minimum Gasteiger partial charge on any atom is -0.348 e. The number of benzene rings is 1. The number of hydrogen-bond acceptors (Lipinski definition) is 4. The molecule has 22 heavy (non-hydrogen) atoms. The van der Waals surface area contributed by atoms with Gasteiger partial charge in [0.2, 0.25) is 5.91 Å². The van der Waals surface area contributed by atoms with Gasteiger partial charge in [0.05, 0.1) is 12.6 Å². The zero-order valence-electron chi connectivity index (χ0n) is 12.9. The third-order valence-electron chi connectivity index (χ3n) is 3.41. The van der Waals surface area contributed by atoms with Crippen LogP contribution in [-0.2, 0) is 11.3 Å². The molecule has 0 saturated carbocycles. The van der Waals surface area contributed by atoms with E-state index in [1.807, 2.05) is 42.6 Å². The number of nitrogens with zero attached hydrogens (tertiary/aromatic N) is 1. The molecule has 1 aromatic carbocycles. The molecule has 0 radical (unpaired) electrons. The minimum atomic E-state index is 0.0327. The Morgan fingerprint density at radius 1 is 1.27 bits per heavy atom. The molecule has 0 aliphatic rings. The maximum Gasteiger partial charge on any atom is 0.234 e. The van der Waals surface area contributed by atoms with E-state index in [2.05, 4.69) is 22.3 Å². The standard InChI is InChI=1S/C17H23N3OS/c1-14(16-8-5-11-22-16)19-17(21)13-20(10-9-18)12-15-6-3-2-4-7-15/h2-8,11,14H,9-10,12-13,18H2,1H3,(H,19,21). The van der Waals surface area contributed by atoms with Gasteiger partial charge in [-0.3, -0.25) is 9.69 Å². The van der Waals surface area contributed by atoms with E-state index >= 15 is 0 Å². The van der Waals surface area contributed by atoms with Gasteiger partial charge < -0.3 is 11.1 Å². The van der Waals surface area contributed by atoms with Gasteiger partial charge in [0.15, 0.2) is 0 Å². The van der Waals surface area contributed by atoms with Crippen LogP contribution in [0.5, 0.6) is 0 Å². The van der Waals surface area contributed by atoms with Gasteiger partial charge in [0.1, 0.15) is 0 Å². The molecule has 118 valence electrons. The van der Waals surface area contributed by atoms with Crippen LogP contribution in [0.4, 0.5) is 0 Å². The predicted octanol–water partition coefficient (Wildman–Crippen LogP) is 2.39. The lowest BCUT2D eigenvalue weighted by molar-refractivity contribution is -0.123. The fraction of sp³-hybridized carbons (Fsp3) is 0.353. The summed E-state index contributed by atoms with van der Waals surface area (Å²) in [4.78, 5) is 15.5. The molecule has 5 heteroatoms. The lowest BCUT2D eigenvalue weighted by Crippen LogP contribution is -2.39. The van der Waals surface area contributed by atoms with Gasteiger partial charge in [-0.1, -0.05) is 36.4 Å². The number of carbonyl (C=O) groups is 1. The number of hydrogen-bond donors (Lipinski definition) is 2. The van der Waals surface area contributed by atoms with Crippen molar-refractivity contribution in [1.82, 2.24) is 10.2 Å². The average molecular weight is 317 g/mol. The van der Waals surface area contributed by atoms with E-state index in [0.29, 0.717) is 19.6 Å². The molecule has 0 saturated heterocycles. The van der Waals surface area contributed by atoms with E-state index in [1.54, 1.807) is 11.3 Å². The van der Waals surface area contributed by atoms with Gasteiger partial charge in [-0.15, -0.1) is 11.3 Å². The zero-order valence-corrected chi connectivity index (χ0v) is 13.7.